The molecule has 2 aromatic carbocycles. The summed E-state index contributed by atoms with van der Waals surface area (Å²) in [6, 6.07) is 20.9. The monoisotopic (exact) mass is 364 g/mol. The second kappa shape index (κ2) is 8.71. The first kappa shape index (κ1) is 19.6. The van der Waals surface area contributed by atoms with Gasteiger partial charge in [0.1, 0.15) is 0 Å². The average molecular weight is 365 g/mol. The second-order valence-corrected chi connectivity index (χ2v) is 7.89. The van der Waals surface area contributed by atoms with E-state index in [-0.39, 0.29) is 11.4 Å². The molecular formula is C24H32N2O. The van der Waals surface area contributed by atoms with E-state index in [0.717, 1.165) is 44.2 Å². The highest BCUT2D eigenvalue weighted by atomic mass is 16.2. The van der Waals surface area contributed by atoms with E-state index in [1.807, 2.05) is 30.3 Å². The maximum atomic E-state index is 13.1. The zero-order valence-corrected chi connectivity index (χ0v) is 16.9. The molecule has 3 rings (SSSR count). The van der Waals surface area contributed by atoms with Crippen LogP contribution in [-0.4, -0.2) is 42.4 Å². The molecule has 27 heavy (non-hydrogen) atoms. The van der Waals surface area contributed by atoms with Gasteiger partial charge in [0.05, 0.1) is 0 Å². The first-order chi connectivity index (χ1) is 13.1. The van der Waals surface area contributed by atoms with Crippen molar-refractivity contribution in [2.24, 2.45) is 0 Å². The Labute approximate surface area is 164 Å². The first-order valence-corrected chi connectivity index (χ1v) is 10.2. The molecule has 0 aliphatic heterocycles. The molecule has 3 heteroatoms. The molecule has 1 aliphatic carbocycles. The van der Waals surface area contributed by atoms with E-state index in [1.165, 1.54) is 5.56 Å². The summed E-state index contributed by atoms with van der Waals surface area (Å²) in [6.45, 7) is 2.99. The van der Waals surface area contributed by atoms with E-state index in [0.29, 0.717) is 6.04 Å². The smallest absolute Gasteiger partial charge is 0.254 e. The third kappa shape index (κ3) is 4.08. The van der Waals surface area contributed by atoms with E-state index in [1.54, 1.807) is 0 Å². The molecule has 1 saturated carbocycles. The molecule has 1 aliphatic rings. The van der Waals surface area contributed by atoms with E-state index >= 15 is 0 Å². The highest BCUT2D eigenvalue weighted by molar-refractivity contribution is 5.94. The number of carbonyl (C=O) groups is 1. The Morgan fingerprint density at radius 3 is 2.04 bits per heavy atom. The van der Waals surface area contributed by atoms with Gasteiger partial charge in [-0.15, -0.1) is 0 Å². The zero-order valence-electron chi connectivity index (χ0n) is 16.9. The molecule has 0 radical (unpaired) electrons. The molecule has 0 aromatic heterocycles. The van der Waals surface area contributed by atoms with Crippen LogP contribution in [0.4, 0.5) is 0 Å². The average Bonchev–Trinajstić information content (AvgIpc) is 2.73. The summed E-state index contributed by atoms with van der Waals surface area (Å²) in [7, 11) is 4.37. The summed E-state index contributed by atoms with van der Waals surface area (Å²) < 4.78 is 0. The van der Waals surface area contributed by atoms with Crippen LogP contribution in [0, 0.1) is 0 Å². The lowest BCUT2D eigenvalue weighted by Gasteiger charge is -2.47. The van der Waals surface area contributed by atoms with Gasteiger partial charge in [0.2, 0.25) is 0 Å². The van der Waals surface area contributed by atoms with Crippen LogP contribution in [0.25, 0.3) is 0 Å². The van der Waals surface area contributed by atoms with E-state index in [4.69, 9.17) is 0 Å². The fourth-order valence-corrected chi connectivity index (χ4v) is 4.57. The molecule has 2 aromatic rings. The fourth-order valence-electron chi connectivity index (χ4n) is 4.57. The van der Waals surface area contributed by atoms with Gasteiger partial charge in [0, 0.05) is 23.7 Å². The van der Waals surface area contributed by atoms with E-state index in [2.05, 4.69) is 61.2 Å². The maximum Gasteiger partial charge on any atom is 0.254 e. The summed E-state index contributed by atoms with van der Waals surface area (Å²) in [5, 5.41) is 0. The van der Waals surface area contributed by atoms with E-state index in [9.17, 15) is 4.79 Å². The van der Waals surface area contributed by atoms with Crippen molar-refractivity contribution in [1.82, 2.24) is 9.80 Å². The standard InChI is InChI=1S/C24H32N2O/c1-4-19-26(23(27)20-11-7-5-8-12-20)22-15-17-24(18-16-22,25(2)3)21-13-9-6-10-14-21/h5-14,22H,4,15-19H2,1-3H3. The van der Waals surface area contributed by atoms with Crippen molar-refractivity contribution in [3.8, 4) is 0 Å². The van der Waals surface area contributed by atoms with Crippen molar-refractivity contribution < 1.29 is 4.79 Å². The third-order valence-electron chi connectivity index (χ3n) is 6.14. The lowest BCUT2D eigenvalue weighted by atomic mass is 9.73. The number of carbonyl (C=O) groups excluding carboxylic acids is 1. The van der Waals surface area contributed by atoms with Gasteiger partial charge in [-0.2, -0.15) is 0 Å². The highest BCUT2D eigenvalue weighted by Crippen LogP contribution is 2.42. The number of hydrogen-bond acceptors (Lipinski definition) is 2. The minimum Gasteiger partial charge on any atom is -0.336 e. The van der Waals surface area contributed by atoms with Crippen molar-refractivity contribution in [2.75, 3.05) is 20.6 Å². The number of hydrogen-bond donors (Lipinski definition) is 0. The van der Waals surface area contributed by atoms with Gasteiger partial charge in [-0.1, -0.05) is 55.5 Å². The number of rotatable bonds is 6. The molecule has 144 valence electrons. The van der Waals surface area contributed by atoms with Gasteiger partial charge in [-0.3, -0.25) is 9.69 Å². The Morgan fingerprint density at radius 2 is 1.52 bits per heavy atom. The number of nitrogens with zero attached hydrogens (tertiary/aromatic N) is 2. The highest BCUT2D eigenvalue weighted by Gasteiger charge is 2.40. The Balaban J connectivity index is 1.78. The lowest BCUT2D eigenvalue weighted by molar-refractivity contribution is 0.0388. The van der Waals surface area contributed by atoms with Crippen LogP contribution in [0.15, 0.2) is 60.7 Å². The molecule has 3 nitrogen and oxygen atoms in total. The Bertz CT molecular complexity index is 719. The van der Waals surface area contributed by atoms with Crippen molar-refractivity contribution in [3.63, 3.8) is 0 Å². The Kier molecular flexibility index (Phi) is 6.33. The Hall–Kier alpha value is -2.13. The third-order valence-corrected chi connectivity index (χ3v) is 6.14. The molecule has 0 unspecified atom stereocenters. The molecular weight excluding hydrogens is 332 g/mol. The van der Waals surface area contributed by atoms with Crippen LogP contribution in [0.5, 0.6) is 0 Å². The summed E-state index contributed by atoms with van der Waals surface area (Å²) >= 11 is 0. The molecule has 0 saturated heterocycles. The topological polar surface area (TPSA) is 23.6 Å². The Morgan fingerprint density at radius 1 is 0.963 bits per heavy atom. The predicted molar refractivity (Wildman–Crippen MR) is 112 cm³/mol. The van der Waals surface area contributed by atoms with Crippen molar-refractivity contribution in [1.29, 1.82) is 0 Å². The second-order valence-electron chi connectivity index (χ2n) is 7.89. The van der Waals surface area contributed by atoms with Crippen LogP contribution >= 0.6 is 0 Å². The van der Waals surface area contributed by atoms with Crippen molar-refractivity contribution in [2.45, 2.75) is 50.6 Å². The van der Waals surface area contributed by atoms with Gasteiger partial charge in [0.15, 0.2) is 0 Å². The van der Waals surface area contributed by atoms with Crippen LogP contribution in [0.2, 0.25) is 0 Å². The molecule has 0 bridgehead atoms. The first-order valence-electron chi connectivity index (χ1n) is 10.2. The number of benzene rings is 2. The molecule has 0 N–H and O–H groups in total. The predicted octanol–water partition coefficient (Wildman–Crippen LogP) is 4.94. The summed E-state index contributed by atoms with van der Waals surface area (Å²) in [4.78, 5) is 17.6. The normalized spacial score (nSPS) is 22.6. The quantitative estimate of drug-likeness (QED) is 0.725. The van der Waals surface area contributed by atoms with Gasteiger partial charge >= 0.3 is 0 Å². The summed E-state index contributed by atoms with van der Waals surface area (Å²) in [5.41, 5.74) is 2.27. The van der Waals surface area contributed by atoms with Crippen LogP contribution in [0.3, 0.4) is 0 Å². The minimum atomic E-state index is 0.0748. The van der Waals surface area contributed by atoms with Gasteiger partial charge in [-0.05, 0) is 63.9 Å². The molecule has 1 amide bonds. The maximum absolute atomic E-state index is 13.1. The molecule has 0 heterocycles. The van der Waals surface area contributed by atoms with E-state index < -0.39 is 0 Å². The van der Waals surface area contributed by atoms with Crippen LogP contribution in [0.1, 0.15) is 54.9 Å². The fraction of sp³-hybridized carbons (Fsp3) is 0.458. The van der Waals surface area contributed by atoms with Gasteiger partial charge in [-0.25, -0.2) is 0 Å². The molecule has 0 atom stereocenters. The van der Waals surface area contributed by atoms with Gasteiger partial charge < -0.3 is 4.90 Å². The van der Waals surface area contributed by atoms with Crippen molar-refractivity contribution in [3.05, 3.63) is 71.8 Å². The minimum absolute atomic E-state index is 0.0748. The summed E-state index contributed by atoms with van der Waals surface area (Å²) in [6.07, 6.45) is 5.25. The van der Waals surface area contributed by atoms with Gasteiger partial charge in [0.25, 0.3) is 5.91 Å². The largest absolute Gasteiger partial charge is 0.336 e. The SMILES string of the molecule is CCCN(C(=O)c1ccccc1)C1CCC(c2ccccc2)(N(C)C)CC1. The molecule has 0 spiro atoms. The molecule has 1 fully saturated rings. The lowest BCUT2D eigenvalue weighted by Crippen LogP contribution is -2.50. The van der Waals surface area contributed by atoms with Crippen LogP contribution < -0.4 is 0 Å². The zero-order chi connectivity index (χ0) is 19.3. The van der Waals surface area contributed by atoms with Crippen LogP contribution in [-0.2, 0) is 5.54 Å². The van der Waals surface area contributed by atoms with Crippen molar-refractivity contribution >= 4 is 5.91 Å². The summed E-state index contributed by atoms with van der Waals surface area (Å²) in [5.74, 6) is 0.180. The number of amides is 1.